The van der Waals surface area contributed by atoms with Crippen molar-refractivity contribution in [2.45, 2.75) is 13.3 Å². The minimum Gasteiger partial charge on any atom is -0.483 e. The van der Waals surface area contributed by atoms with Gasteiger partial charge >= 0.3 is 11.8 Å². The Balaban J connectivity index is 1.92. The Labute approximate surface area is 163 Å². The number of hydrogen-bond donors (Lipinski definition) is 3. The van der Waals surface area contributed by atoms with Gasteiger partial charge in [-0.3, -0.25) is 14.4 Å². The molecule has 28 heavy (non-hydrogen) atoms. The average molecular weight is 382 g/mol. The Kier molecular flexibility index (Phi) is 7.71. The quantitative estimate of drug-likeness (QED) is 0.383. The topological polar surface area (TPSA) is 109 Å². The predicted octanol–water partition coefficient (Wildman–Crippen LogP) is 1.46. The van der Waals surface area contributed by atoms with Crippen molar-refractivity contribution >= 4 is 29.6 Å². The van der Waals surface area contributed by atoms with Crippen LogP contribution in [0.3, 0.4) is 0 Å². The van der Waals surface area contributed by atoms with Gasteiger partial charge in [0.25, 0.3) is 5.91 Å². The summed E-state index contributed by atoms with van der Waals surface area (Å²) in [5, 5.41) is 8.67. The van der Waals surface area contributed by atoms with Gasteiger partial charge in [0.1, 0.15) is 5.75 Å². The van der Waals surface area contributed by atoms with Crippen molar-refractivity contribution in [3.8, 4) is 5.75 Å². The van der Waals surface area contributed by atoms with E-state index in [1.807, 2.05) is 24.3 Å². The van der Waals surface area contributed by atoms with Crippen LogP contribution >= 0.6 is 0 Å². The summed E-state index contributed by atoms with van der Waals surface area (Å²) in [4.78, 5) is 34.6. The maximum absolute atomic E-state index is 12.1. The van der Waals surface area contributed by atoms with Crippen molar-refractivity contribution < 1.29 is 19.1 Å². The van der Waals surface area contributed by atoms with Gasteiger partial charge in [0, 0.05) is 18.3 Å². The minimum atomic E-state index is -0.884. The number of nitrogens with one attached hydrogen (secondary N) is 3. The third-order valence-electron chi connectivity index (χ3n) is 3.73. The van der Waals surface area contributed by atoms with Crippen molar-refractivity contribution in [1.82, 2.24) is 10.7 Å². The molecule has 0 aliphatic carbocycles. The molecular formula is C20H22N4O4. The van der Waals surface area contributed by atoms with Gasteiger partial charge in [-0.15, -0.1) is 0 Å². The summed E-state index contributed by atoms with van der Waals surface area (Å²) in [6, 6.07) is 14.5. The number of likely N-dealkylation sites (N-methyl/N-ethyl adjacent to an activating group) is 1. The molecule has 2 aromatic rings. The summed E-state index contributed by atoms with van der Waals surface area (Å²) in [5.41, 5.74) is 4.52. The maximum Gasteiger partial charge on any atom is 0.329 e. The second-order valence-corrected chi connectivity index (χ2v) is 5.70. The molecule has 0 radical (unpaired) electrons. The van der Waals surface area contributed by atoms with Crippen LogP contribution in [0.25, 0.3) is 0 Å². The van der Waals surface area contributed by atoms with Crippen molar-refractivity contribution in [2.75, 3.05) is 19.0 Å². The number of nitrogens with zero attached hydrogens (tertiary/aromatic N) is 1. The number of para-hydroxylation sites is 1. The van der Waals surface area contributed by atoms with Gasteiger partial charge in [-0.2, -0.15) is 5.10 Å². The molecule has 0 saturated heterocycles. The zero-order valence-corrected chi connectivity index (χ0v) is 15.7. The van der Waals surface area contributed by atoms with Gasteiger partial charge in [0.2, 0.25) is 0 Å². The van der Waals surface area contributed by atoms with E-state index in [1.165, 1.54) is 18.8 Å². The number of ether oxygens (including phenoxy) is 1. The Hall–Kier alpha value is -3.68. The largest absolute Gasteiger partial charge is 0.483 e. The van der Waals surface area contributed by atoms with E-state index in [-0.39, 0.29) is 12.5 Å². The first kappa shape index (κ1) is 20.6. The Morgan fingerprint density at radius 2 is 1.75 bits per heavy atom. The molecule has 3 amide bonds. The number of hydrogen-bond acceptors (Lipinski definition) is 5. The van der Waals surface area contributed by atoms with Crippen molar-refractivity contribution in [1.29, 1.82) is 0 Å². The number of anilines is 1. The molecule has 0 atom stereocenters. The molecule has 8 heteroatoms. The first-order valence-electron chi connectivity index (χ1n) is 8.69. The molecule has 8 nitrogen and oxygen atoms in total. The van der Waals surface area contributed by atoms with Crippen molar-refractivity contribution in [3.63, 3.8) is 0 Å². The lowest BCUT2D eigenvalue weighted by molar-refractivity contribution is -0.138. The van der Waals surface area contributed by atoms with Crippen molar-refractivity contribution in [3.05, 3.63) is 59.7 Å². The SMILES string of the molecule is CCc1ccc(NC(=O)COc2ccccc2/C=N\NC(=O)C(=O)NC)cc1. The molecule has 0 unspecified atom stereocenters. The van der Waals surface area contributed by atoms with E-state index in [4.69, 9.17) is 4.74 Å². The highest BCUT2D eigenvalue weighted by Crippen LogP contribution is 2.16. The van der Waals surface area contributed by atoms with E-state index in [1.54, 1.807) is 24.3 Å². The van der Waals surface area contributed by atoms with Crippen LogP contribution in [-0.4, -0.2) is 37.6 Å². The smallest absolute Gasteiger partial charge is 0.329 e. The molecule has 146 valence electrons. The van der Waals surface area contributed by atoms with E-state index < -0.39 is 11.8 Å². The molecular weight excluding hydrogens is 360 g/mol. The van der Waals surface area contributed by atoms with Crippen LogP contribution in [0, 0.1) is 0 Å². The molecule has 0 saturated carbocycles. The van der Waals surface area contributed by atoms with Crippen molar-refractivity contribution in [2.24, 2.45) is 5.10 Å². The van der Waals surface area contributed by atoms with Crippen LogP contribution in [-0.2, 0) is 20.8 Å². The van der Waals surface area contributed by atoms with Crippen LogP contribution in [0.5, 0.6) is 5.75 Å². The van der Waals surface area contributed by atoms with Gasteiger partial charge in [-0.25, -0.2) is 5.43 Å². The third kappa shape index (κ3) is 6.24. The van der Waals surface area contributed by atoms with E-state index in [0.29, 0.717) is 17.0 Å². The molecule has 0 bridgehead atoms. The number of aryl methyl sites for hydroxylation is 1. The average Bonchev–Trinajstić information content (AvgIpc) is 2.72. The van der Waals surface area contributed by atoms with Gasteiger partial charge < -0.3 is 15.4 Å². The molecule has 0 aliphatic heterocycles. The monoisotopic (exact) mass is 382 g/mol. The van der Waals surface area contributed by atoms with E-state index in [0.717, 1.165) is 6.42 Å². The first-order valence-corrected chi connectivity index (χ1v) is 8.69. The van der Waals surface area contributed by atoms with Crippen LogP contribution in [0.4, 0.5) is 5.69 Å². The highest BCUT2D eigenvalue weighted by molar-refractivity contribution is 6.35. The van der Waals surface area contributed by atoms with Gasteiger partial charge in [0.05, 0.1) is 6.21 Å². The summed E-state index contributed by atoms with van der Waals surface area (Å²) >= 11 is 0. The molecule has 3 N–H and O–H groups in total. The fourth-order valence-electron chi connectivity index (χ4n) is 2.21. The van der Waals surface area contributed by atoms with E-state index in [9.17, 15) is 14.4 Å². The molecule has 0 aromatic heterocycles. The molecule has 0 aliphatic rings. The van der Waals surface area contributed by atoms with E-state index >= 15 is 0 Å². The molecule has 0 spiro atoms. The third-order valence-corrected chi connectivity index (χ3v) is 3.73. The summed E-state index contributed by atoms with van der Waals surface area (Å²) in [6.45, 7) is 1.87. The standard InChI is InChI=1S/C20H22N4O4/c1-3-14-8-10-16(11-9-14)23-18(25)13-28-17-7-5-4-6-15(17)12-22-24-20(27)19(26)21-2/h4-12H,3,13H2,1-2H3,(H,21,26)(H,23,25)(H,24,27)/b22-12-. The number of carbonyl (C=O) groups is 3. The molecule has 0 fully saturated rings. The Bertz CT molecular complexity index is 863. The van der Waals surface area contributed by atoms with Gasteiger partial charge in [-0.05, 0) is 36.2 Å². The fraction of sp³-hybridized carbons (Fsp3) is 0.200. The summed E-state index contributed by atoms with van der Waals surface area (Å²) in [7, 11) is 1.35. The maximum atomic E-state index is 12.1. The lowest BCUT2D eigenvalue weighted by Crippen LogP contribution is -2.35. The summed E-state index contributed by atoms with van der Waals surface area (Å²) in [5.74, 6) is -1.57. The number of rotatable bonds is 7. The normalized spacial score (nSPS) is 10.4. The van der Waals surface area contributed by atoms with Crippen LogP contribution in [0.15, 0.2) is 53.6 Å². The number of carbonyl (C=O) groups excluding carboxylic acids is 3. The van der Waals surface area contributed by atoms with Crippen LogP contribution in [0.1, 0.15) is 18.1 Å². The predicted molar refractivity (Wildman–Crippen MR) is 106 cm³/mol. The zero-order chi connectivity index (χ0) is 20.4. The minimum absolute atomic E-state index is 0.190. The summed E-state index contributed by atoms with van der Waals surface area (Å²) < 4.78 is 5.55. The lowest BCUT2D eigenvalue weighted by atomic mass is 10.1. The fourth-order valence-corrected chi connectivity index (χ4v) is 2.21. The second kappa shape index (κ2) is 10.5. The number of amides is 3. The van der Waals surface area contributed by atoms with Crippen LogP contribution in [0.2, 0.25) is 0 Å². The summed E-state index contributed by atoms with van der Waals surface area (Å²) in [6.07, 6.45) is 2.26. The van der Waals surface area contributed by atoms with Crippen LogP contribution < -0.4 is 20.8 Å². The van der Waals surface area contributed by atoms with E-state index in [2.05, 4.69) is 28.1 Å². The van der Waals surface area contributed by atoms with Gasteiger partial charge in [0.15, 0.2) is 6.61 Å². The highest BCUT2D eigenvalue weighted by atomic mass is 16.5. The number of benzene rings is 2. The highest BCUT2D eigenvalue weighted by Gasteiger charge is 2.10. The second-order valence-electron chi connectivity index (χ2n) is 5.70. The Morgan fingerprint density at radius 3 is 2.43 bits per heavy atom. The molecule has 2 aromatic carbocycles. The molecule has 2 rings (SSSR count). The number of hydrazone groups is 1. The molecule has 0 heterocycles. The lowest BCUT2D eigenvalue weighted by Gasteiger charge is -2.10. The zero-order valence-electron chi connectivity index (χ0n) is 15.7. The first-order chi connectivity index (χ1) is 13.5. The Morgan fingerprint density at radius 1 is 1.04 bits per heavy atom. The van der Waals surface area contributed by atoms with Gasteiger partial charge in [-0.1, -0.05) is 31.2 Å².